The number of hydrogen-bond donors (Lipinski definition) is 1. The van der Waals surface area contributed by atoms with Gasteiger partial charge in [-0.2, -0.15) is 0 Å². The quantitative estimate of drug-likeness (QED) is 0.322. The van der Waals surface area contributed by atoms with E-state index in [0.29, 0.717) is 22.3 Å². The summed E-state index contributed by atoms with van der Waals surface area (Å²) in [4.78, 5) is 31.6. The number of halogens is 1. The number of nitrogens with zero attached hydrogens (tertiary/aromatic N) is 3. The van der Waals surface area contributed by atoms with Crippen LogP contribution in [0.15, 0.2) is 76.2 Å². The van der Waals surface area contributed by atoms with E-state index in [1.54, 1.807) is 43.3 Å². The summed E-state index contributed by atoms with van der Waals surface area (Å²) in [7, 11) is 1.27. The molecule has 6 rings (SSSR count). The lowest BCUT2D eigenvalue weighted by Gasteiger charge is -2.41. The zero-order valence-electron chi connectivity index (χ0n) is 24.4. The Kier molecular flexibility index (Phi) is 7.36. The first-order chi connectivity index (χ1) is 21.0. The molecule has 230 valence electrons. The van der Waals surface area contributed by atoms with E-state index >= 15 is 4.79 Å². The predicted molar refractivity (Wildman–Crippen MR) is 162 cm³/mol. The van der Waals surface area contributed by atoms with Gasteiger partial charge in [-0.15, -0.1) is 0 Å². The van der Waals surface area contributed by atoms with Crippen LogP contribution in [0.4, 0.5) is 5.69 Å². The maximum Gasteiger partial charge on any atom is 0.274 e. The molecule has 0 saturated carbocycles. The van der Waals surface area contributed by atoms with E-state index in [2.05, 4.69) is 0 Å². The summed E-state index contributed by atoms with van der Waals surface area (Å²) < 4.78 is 46.5. The maximum absolute atomic E-state index is 15.3. The smallest absolute Gasteiger partial charge is 0.274 e. The fourth-order valence-electron chi connectivity index (χ4n) is 6.36. The van der Waals surface area contributed by atoms with E-state index in [1.807, 2.05) is 0 Å². The standard InChI is InChI=1S/C31H30ClN3O8S/c1-33(2)29(37)25-15-20(36)17-34(25)31(22-7-5-6-18-12-13-43-28(18)22)23-14-19(32)8-10-24(23)35(30(31)38)44(39,40)27-11-9-21(41-3)16-26(27)42-4/h5-14,16,20,25,36H,15,17H2,1-4H3/t20-,25+,31?/m1/s1. The van der Waals surface area contributed by atoms with Gasteiger partial charge in [0.05, 0.1) is 38.3 Å². The Bertz CT molecular complexity index is 1910. The van der Waals surface area contributed by atoms with E-state index in [4.69, 9.17) is 25.5 Å². The summed E-state index contributed by atoms with van der Waals surface area (Å²) in [5, 5.41) is 11.9. The molecule has 1 saturated heterocycles. The molecule has 0 radical (unpaired) electrons. The molecule has 0 spiro atoms. The van der Waals surface area contributed by atoms with Crippen LogP contribution in [0, 0.1) is 0 Å². The molecule has 3 aromatic carbocycles. The number of fused-ring (bicyclic) bond motifs is 2. The van der Waals surface area contributed by atoms with Gasteiger partial charge in [0.15, 0.2) is 5.54 Å². The number of sulfonamides is 1. The van der Waals surface area contributed by atoms with Gasteiger partial charge in [-0.1, -0.05) is 29.8 Å². The summed E-state index contributed by atoms with van der Waals surface area (Å²) in [5.41, 5.74) is -1.05. The number of anilines is 1. The minimum atomic E-state index is -4.65. The second-order valence-corrected chi connectivity index (χ2v) is 13.1. The number of aliphatic hydroxyl groups excluding tert-OH is 1. The summed E-state index contributed by atoms with van der Waals surface area (Å²) in [6, 6.07) is 14.6. The Morgan fingerprint density at radius 1 is 1.07 bits per heavy atom. The van der Waals surface area contributed by atoms with E-state index in [1.165, 1.54) is 61.8 Å². The molecule has 1 fully saturated rings. The Morgan fingerprint density at radius 3 is 2.55 bits per heavy atom. The van der Waals surface area contributed by atoms with Crippen molar-refractivity contribution in [1.29, 1.82) is 0 Å². The van der Waals surface area contributed by atoms with Gasteiger partial charge in [0, 0.05) is 48.2 Å². The van der Waals surface area contributed by atoms with Gasteiger partial charge in [-0.25, -0.2) is 12.7 Å². The largest absolute Gasteiger partial charge is 0.497 e. The molecule has 11 nitrogen and oxygen atoms in total. The number of likely N-dealkylation sites (N-methyl/N-ethyl adjacent to an activating group) is 1. The number of benzene rings is 3. The fraction of sp³-hybridized carbons (Fsp3) is 0.290. The average molecular weight is 640 g/mol. The van der Waals surface area contributed by atoms with Gasteiger partial charge < -0.3 is 23.9 Å². The summed E-state index contributed by atoms with van der Waals surface area (Å²) in [6.07, 6.45) is 0.507. The first-order valence-corrected chi connectivity index (χ1v) is 15.5. The number of amides is 2. The third-order valence-corrected chi connectivity index (χ3v) is 10.2. The number of likely N-dealkylation sites (tertiary alicyclic amines) is 1. The topological polar surface area (TPSA) is 130 Å². The van der Waals surface area contributed by atoms with Crippen molar-refractivity contribution < 1.29 is 37.0 Å². The minimum Gasteiger partial charge on any atom is -0.497 e. The highest BCUT2D eigenvalue weighted by molar-refractivity contribution is 7.93. The van der Waals surface area contributed by atoms with E-state index < -0.39 is 33.6 Å². The van der Waals surface area contributed by atoms with Crippen molar-refractivity contribution in [3.8, 4) is 11.5 Å². The van der Waals surface area contributed by atoms with Crippen LogP contribution in [-0.4, -0.2) is 82.1 Å². The van der Waals surface area contributed by atoms with Crippen molar-refractivity contribution in [1.82, 2.24) is 9.80 Å². The molecule has 13 heteroatoms. The molecule has 2 aliphatic heterocycles. The SMILES string of the molecule is COc1ccc(S(=O)(=O)N2C(=O)C(c3cccc4ccoc34)(N3C[C@H](O)C[C@H]3C(=O)N(C)C)c3cc(Cl)ccc32)c(OC)c1. The normalized spacial score (nSPS) is 22.0. The lowest BCUT2D eigenvalue weighted by molar-refractivity contribution is -0.138. The number of carbonyl (C=O) groups excluding carboxylic acids is 2. The van der Waals surface area contributed by atoms with Gasteiger partial charge in [-0.3, -0.25) is 14.5 Å². The third kappa shape index (κ3) is 4.27. The predicted octanol–water partition coefficient (Wildman–Crippen LogP) is 3.61. The van der Waals surface area contributed by atoms with Crippen LogP contribution in [0.1, 0.15) is 17.5 Å². The van der Waals surface area contributed by atoms with Gasteiger partial charge in [-0.05, 0) is 42.8 Å². The van der Waals surface area contributed by atoms with E-state index in [0.717, 1.165) is 4.31 Å². The monoisotopic (exact) mass is 639 g/mol. The van der Waals surface area contributed by atoms with Crippen molar-refractivity contribution in [2.75, 3.05) is 39.2 Å². The highest BCUT2D eigenvalue weighted by Crippen LogP contribution is 2.54. The first kappa shape index (κ1) is 29.9. The second-order valence-electron chi connectivity index (χ2n) is 10.9. The van der Waals surface area contributed by atoms with Crippen LogP contribution in [0.2, 0.25) is 5.02 Å². The van der Waals surface area contributed by atoms with Gasteiger partial charge >= 0.3 is 0 Å². The molecular weight excluding hydrogens is 610 g/mol. The molecule has 0 aliphatic carbocycles. The highest BCUT2D eigenvalue weighted by atomic mass is 35.5. The summed E-state index contributed by atoms with van der Waals surface area (Å²) >= 11 is 6.55. The molecular formula is C31H30ClN3O8S. The molecule has 3 atom stereocenters. The molecule has 3 heterocycles. The Balaban J connectivity index is 1.69. The average Bonchev–Trinajstić information content (AvgIpc) is 3.70. The highest BCUT2D eigenvalue weighted by Gasteiger charge is 2.64. The summed E-state index contributed by atoms with van der Waals surface area (Å²) in [5.74, 6) is -0.921. The molecule has 1 aromatic heterocycles. The van der Waals surface area contributed by atoms with Crippen LogP contribution in [0.5, 0.6) is 11.5 Å². The number of carbonyl (C=O) groups is 2. The molecule has 0 bridgehead atoms. The number of hydrogen-bond acceptors (Lipinski definition) is 9. The minimum absolute atomic E-state index is 0.0229. The maximum atomic E-state index is 15.3. The van der Waals surface area contributed by atoms with Gasteiger partial charge in [0.1, 0.15) is 22.0 Å². The zero-order valence-corrected chi connectivity index (χ0v) is 25.9. The Labute approximate surface area is 259 Å². The van der Waals surface area contributed by atoms with Crippen molar-refractivity contribution in [3.05, 3.63) is 83.1 Å². The number of para-hydroxylation sites is 1. The van der Waals surface area contributed by atoms with Gasteiger partial charge in [0.2, 0.25) is 5.91 Å². The van der Waals surface area contributed by atoms with Crippen molar-refractivity contribution in [2.45, 2.75) is 29.0 Å². The van der Waals surface area contributed by atoms with Crippen molar-refractivity contribution in [3.63, 3.8) is 0 Å². The Morgan fingerprint density at radius 2 is 1.84 bits per heavy atom. The van der Waals surface area contributed by atoms with Gasteiger partial charge in [0.25, 0.3) is 15.9 Å². The number of methoxy groups -OCH3 is 2. The fourth-order valence-corrected chi connectivity index (χ4v) is 8.13. The van der Waals surface area contributed by atoms with Crippen LogP contribution in [0.25, 0.3) is 11.0 Å². The number of rotatable bonds is 7. The number of β-amino-alcohol motifs (C(OH)–C–C–N with tert-alkyl or cyclic N) is 1. The number of furan rings is 1. The Hall–Kier alpha value is -4.10. The van der Waals surface area contributed by atoms with Crippen molar-refractivity contribution in [2.24, 2.45) is 0 Å². The number of aliphatic hydroxyl groups is 1. The molecule has 2 amide bonds. The van der Waals surface area contributed by atoms with Crippen molar-refractivity contribution >= 4 is 50.1 Å². The van der Waals surface area contributed by atoms with Crippen LogP contribution < -0.4 is 13.8 Å². The zero-order chi connectivity index (χ0) is 31.6. The lowest BCUT2D eigenvalue weighted by atomic mass is 9.80. The molecule has 44 heavy (non-hydrogen) atoms. The molecule has 4 aromatic rings. The number of ether oxygens (including phenoxy) is 2. The second kappa shape index (κ2) is 10.8. The molecule has 1 N–H and O–H groups in total. The van der Waals surface area contributed by atoms with E-state index in [9.17, 15) is 18.3 Å². The van der Waals surface area contributed by atoms with Crippen LogP contribution in [-0.2, 0) is 25.2 Å². The summed E-state index contributed by atoms with van der Waals surface area (Å²) in [6.45, 7) is -0.112. The molecule has 1 unspecified atom stereocenters. The molecule has 2 aliphatic rings. The first-order valence-electron chi connectivity index (χ1n) is 13.7. The van der Waals surface area contributed by atoms with Crippen LogP contribution in [0.3, 0.4) is 0 Å². The third-order valence-electron chi connectivity index (χ3n) is 8.25. The van der Waals surface area contributed by atoms with Crippen LogP contribution >= 0.6 is 11.6 Å². The van der Waals surface area contributed by atoms with E-state index in [-0.39, 0.29) is 45.8 Å². The lowest BCUT2D eigenvalue weighted by Crippen LogP contribution is -2.59.